The highest BCUT2D eigenvalue weighted by atomic mass is 32.1. The molecule has 5 nitrogen and oxygen atoms in total. The lowest BCUT2D eigenvalue weighted by Gasteiger charge is -2.39. The van der Waals surface area contributed by atoms with Crippen molar-refractivity contribution in [3.8, 4) is 11.5 Å². The summed E-state index contributed by atoms with van der Waals surface area (Å²) in [5.41, 5.74) is 4.53. The van der Waals surface area contributed by atoms with Gasteiger partial charge in [0.1, 0.15) is 0 Å². The molecule has 2 aromatic carbocycles. The van der Waals surface area contributed by atoms with Gasteiger partial charge in [-0.25, -0.2) is 0 Å². The van der Waals surface area contributed by atoms with Crippen LogP contribution in [0.5, 0.6) is 11.5 Å². The Bertz CT molecular complexity index is 1010. The van der Waals surface area contributed by atoms with E-state index in [9.17, 15) is 0 Å². The summed E-state index contributed by atoms with van der Waals surface area (Å²) in [5.74, 6) is 1.43. The second kappa shape index (κ2) is 8.17. The fraction of sp³-hybridized carbons (Fsp3) is 0.261. The second-order valence-electron chi connectivity index (χ2n) is 7.13. The average Bonchev–Trinajstić information content (AvgIpc) is 3.23. The molecule has 4 rings (SSSR count). The Morgan fingerprint density at radius 3 is 2.48 bits per heavy atom. The Kier molecular flexibility index (Phi) is 5.45. The maximum atomic E-state index is 5.83. The third-order valence-corrected chi connectivity index (χ3v) is 5.66. The van der Waals surface area contributed by atoms with Gasteiger partial charge in [0.2, 0.25) is 0 Å². The van der Waals surface area contributed by atoms with Crippen molar-refractivity contribution in [2.45, 2.75) is 19.5 Å². The maximum absolute atomic E-state index is 5.83. The second-order valence-corrected chi connectivity index (χ2v) is 7.52. The first kappa shape index (κ1) is 19.3. The standard InChI is InChI=1S/C23H25N3O2S/c1-16-6-9-18(10-7-16)24-23(29)26-14-13-25-12-4-5-19(25)22(26)17-8-11-20(27-2)21(15-17)28-3/h4-12,15,22H,13-14H2,1-3H3,(H,24,29)/t22-/m0/s1. The van der Waals surface area contributed by atoms with Crippen LogP contribution in [0.2, 0.25) is 0 Å². The topological polar surface area (TPSA) is 38.7 Å². The first-order chi connectivity index (χ1) is 14.1. The molecule has 1 aromatic heterocycles. The molecule has 1 aliphatic rings. The van der Waals surface area contributed by atoms with Crippen molar-refractivity contribution in [3.05, 3.63) is 77.6 Å². The summed E-state index contributed by atoms with van der Waals surface area (Å²) in [6.45, 7) is 3.79. The Morgan fingerprint density at radius 2 is 1.76 bits per heavy atom. The van der Waals surface area contributed by atoms with E-state index in [1.807, 2.05) is 12.1 Å². The van der Waals surface area contributed by atoms with Crippen molar-refractivity contribution < 1.29 is 9.47 Å². The van der Waals surface area contributed by atoms with E-state index in [1.54, 1.807) is 14.2 Å². The van der Waals surface area contributed by atoms with Crippen LogP contribution in [-0.2, 0) is 6.54 Å². The van der Waals surface area contributed by atoms with Crippen LogP contribution in [-0.4, -0.2) is 35.3 Å². The molecule has 150 valence electrons. The zero-order valence-electron chi connectivity index (χ0n) is 16.9. The summed E-state index contributed by atoms with van der Waals surface area (Å²) in [6.07, 6.45) is 2.12. The highest BCUT2D eigenvalue weighted by Gasteiger charge is 2.31. The summed E-state index contributed by atoms with van der Waals surface area (Å²) in [4.78, 5) is 2.24. The minimum Gasteiger partial charge on any atom is -0.493 e. The van der Waals surface area contributed by atoms with Crippen LogP contribution < -0.4 is 14.8 Å². The van der Waals surface area contributed by atoms with E-state index in [-0.39, 0.29) is 6.04 Å². The molecule has 1 aliphatic heterocycles. The third kappa shape index (κ3) is 3.80. The van der Waals surface area contributed by atoms with Crippen LogP contribution in [0.4, 0.5) is 5.69 Å². The Labute approximate surface area is 176 Å². The van der Waals surface area contributed by atoms with E-state index < -0.39 is 0 Å². The van der Waals surface area contributed by atoms with Crippen molar-refractivity contribution in [1.29, 1.82) is 0 Å². The van der Waals surface area contributed by atoms with Crippen molar-refractivity contribution in [2.75, 3.05) is 26.1 Å². The molecule has 2 heterocycles. The van der Waals surface area contributed by atoms with E-state index >= 15 is 0 Å². The lowest BCUT2D eigenvalue weighted by atomic mass is 9.99. The van der Waals surface area contributed by atoms with Gasteiger partial charge in [-0.3, -0.25) is 0 Å². The van der Waals surface area contributed by atoms with Crippen molar-refractivity contribution in [3.63, 3.8) is 0 Å². The molecular formula is C23H25N3O2S. The monoisotopic (exact) mass is 407 g/mol. The van der Waals surface area contributed by atoms with Gasteiger partial charge in [-0.05, 0) is 61.1 Å². The molecule has 0 fully saturated rings. The third-order valence-electron chi connectivity index (χ3n) is 5.33. The maximum Gasteiger partial charge on any atom is 0.174 e. The van der Waals surface area contributed by atoms with Gasteiger partial charge in [0.05, 0.1) is 20.3 Å². The average molecular weight is 408 g/mol. The number of hydrogen-bond acceptors (Lipinski definition) is 3. The minimum atomic E-state index is -0.0102. The molecule has 6 heteroatoms. The molecule has 3 aromatic rings. The van der Waals surface area contributed by atoms with Gasteiger partial charge in [-0.15, -0.1) is 0 Å². The predicted octanol–water partition coefficient (Wildman–Crippen LogP) is 4.62. The lowest BCUT2D eigenvalue weighted by molar-refractivity contribution is 0.291. The highest BCUT2D eigenvalue weighted by molar-refractivity contribution is 7.80. The first-order valence-corrected chi connectivity index (χ1v) is 10.0. The van der Waals surface area contributed by atoms with E-state index in [0.717, 1.165) is 24.3 Å². The minimum absolute atomic E-state index is 0.0102. The number of rotatable bonds is 4. The van der Waals surface area contributed by atoms with Crippen LogP contribution in [0.15, 0.2) is 60.8 Å². The highest BCUT2D eigenvalue weighted by Crippen LogP contribution is 2.37. The molecule has 0 radical (unpaired) electrons. The molecule has 0 saturated heterocycles. The van der Waals surface area contributed by atoms with E-state index in [2.05, 4.69) is 70.4 Å². The van der Waals surface area contributed by atoms with Gasteiger partial charge >= 0.3 is 0 Å². The first-order valence-electron chi connectivity index (χ1n) is 9.62. The SMILES string of the molecule is COc1ccc([C@H]2c3cccn3CCN2C(=S)Nc2ccc(C)cc2)cc1OC. The van der Waals surface area contributed by atoms with Crippen LogP contribution in [0, 0.1) is 6.92 Å². The predicted molar refractivity (Wildman–Crippen MR) is 120 cm³/mol. The number of hydrogen-bond donors (Lipinski definition) is 1. The van der Waals surface area contributed by atoms with Crippen LogP contribution in [0.1, 0.15) is 22.9 Å². The molecule has 1 N–H and O–H groups in total. The normalized spacial score (nSPS) is 15.6. The van der Waals surface area contributed by atoms with Gasteiger partial charge in [0.15, 0.2) is 16.6 Å². The lowest BCUT2D eigenvalue weighted by Crippen LogP contribution is -2.44. The molecule has 0 saturated carbocycles. The van der Waals surface area contributed by atoms with E-state index in [0.29, 0.717) is 16.6 Å². The van der Waals surface area contributed by atoms with Crippen molar-refractivity contribution >= 4 is 23.0 Å². The summed E-state index contributed by atoms with van der Waals surface area (Å²) in [6, 6.07) is 18.6. The summed E-state index contributed by atoms with van der Waals surface area (Å²) >= 11 is 5.83. The van der Waals surface area contributed by atoms with Crippen molar-refractivity contribution in [1.82, 2.24) is 9.47 Å². The fourth-order valence-corrected chi connectivity index (χ4v) is 4.12. The Balaban J connectivity index is 1.69. The van der Waals surface area contributed by atoms with Gasteiger partial charge in [-0.1, -0.05) is 23.8 Å². The van der Waals surface area contributed by atoms with Gasteiger partial charge in [-0.2, -0.15) is 0 Å². The molecule has 29 heavy (non-hydrogen) atoms. The number of nitrogens with zero attached hydrogens (tertiary/aromatic N) is 2. The van der Waals surface area contributed by atoms with Crippen LogP contribution in [0.25, 0.3) is 0 Å². The van der Waals surface area contributed by atoms with Crippen LogP contribution >= 0.6 is 12.2 Å². The van der Waals surface area contributed by atoms with E-state index in [4.69, 9.17) is 21.7 Å². The number of aryl methyl sites for hydroxylation is 1. The number of thiocarbonyl (C=S) groups is 1. The molecule has 0 amide bonds. The zero-order valence-corrected chi connectivity index (χ0v) is 17.7. The largest absolute Gasteiger partial charge is 0.493 e. The number of fused-ring (bicyclic) bond motifs is 1. The number of anilines is 1. The summed E-state index contributed by atoms with van der Waals surface area (Å²) in [5, 5.41) is 4.11. The molecule has 0 aliphatic carbocycles. The number of methoxy groups -OCH3 is 2. The summed E-state index contributed by atoms with van der Waals surface area (Å²) in [7, 11) is 3.31. The Morgan fingerprint density at radius 1 is 1.00 bits per heavy atom. The van der Waals surface area contributed by atoms with E-state index in [1.165, 1.54) is 11.3 Å². The number of aromatic nitrogens is 1. The summed E-state index contributed by atoms with van der Waals surface area (Å²) < 4.78 is 13.2. The number of benzene rings is 2. The molecular weight excluding hydrogens is 382 g/mol. The van der Waals surface area contributed by atoms with Crippen molar-refractivity contribution in [2.24, 2.45) is 0 Å². The van der Waals surface area contributed by atoms with Crippen LogP contribution in [0.3, 0.4) is 0 Å². The zero-order chi connectivity index (χ0) is 20.4. The molecule has 0 spiro atoms. The Hall–Kier alpha value is -2.99. The van der Waals surface area contributed by atoms with Gasteiger partial charge in [0, 0.05) is 30.7 Å². The number of nitrogens with one attached hydrogen (secondary N) is 1. The molecule has 0 bridgehead atoms. The smallest absolute Gasteiger partial charge is 0.174 e. The number of ether oxygens (including phenoxy) is 2. The molecule has 1 atom stereocenters. The van der Waals surface area contributed by atoms with Gasteiger partial charge in [0.25, 0.3) is 0 Å². The quantitative estimate of drug-likeness (QED) is 0.639. The molecule has 0 unspecified atom stereocenters. The van der Waals surface area contributed by atoms with Gasteiger partial charge < -0.3 is 24.3 Å². The fourth-order valence-electron chi connectivity index (χ4n) is 3.81.